The quantitative estimate of drug-likeness (QED) is 0.192. The Morgan fingerprint density at radius 2 is 1.11 bits per heavy atom. The molecule has 0 aromatic rings. The summed E-state index contributed by atoms with van der Waals surface area (Å²) in [5, 5.41) is 58.4. The molecule has 0 bridgehead atoms. The fraction of sp³-hybridized carbons (Fsp3) is 0.812. The molecular weight excluding hydrogens is 380 g/mol. The van der Waals surface area contributed by atoms with Gasteiger partial charge in [0.25, 0.3) is 0 Å². The highest BCUT2D eigenvalue weighted by Crippen LogP contribution is 1.98. The van der Waals surface area contributed by atoms with E-state index in [2.05, 4.69) is 21.1 Å². The molecule has 0 aromatic heterocycles. The molecule has 0 saturated carbocycles. The summed E-state index contributed by atoms with van der Waals surface area (Å²) in [4.78, 5) is 29.7. The fourth-order valence-corrected chi connectivity index (χ4v) is 1.47. The van der Waals surface area contributed by atoms with Crippen molar-refractivity contribution >= 4 is 17.9 Å². The maximum absolute atomic E-state index is 10.1. The van der Waals surface area contributed by atoms with Crippen molar-refractivity contribution in [1.82, 2.24) is 0 Å². The number of likely N-dealkylation sites (N-methyl/N-ethyl adjacent to an activating group) is 2. The highest BCUT2D eigenvalue weighted by molar-refractivity contribution is 5.83. The van der Waals surface area contributed by atoms with Crippen LogP contribution in [0, 0.1) is 0 Å². The average molecular weight is 416 g/mol. The minimum absolute atomic E-state index is 0.171. The Hall–Kier alpha value is -1.83. The number of carboxylic acids is 3. The second kappa shape index (κ2) is 14.2. The standard InChI is InChI=1S/C7H15NO3.C5H14NO.C4H6O6/c1-8(2,3)5-6(9)4-7(10)11;1-6(2,3)4-5-7;5-1(3(7)8)2(6)4(9)10/h6,9H,4-5H2,1-3H3;7H,4-5H2,1-3H3;1-2,5-6H,(H,7,8)(H,9,10)/q;+1;/p+1/t6-;;/m1../s1. The van der Waals surface area contributed by atoms with Gasteiger partial charge >= 0.3 is 17.9 Å². The maximum atomic E-state index is 10.1. The van der Waals surface area contributed by atoms with Gasteiger partial charge in [0.1, 0.15) is 19.2 Å². The molecular formula is C16H36N2O10+2. The van der Waals surface area contributed by atoms with Gasteiger partial charge in [0.05, 0.1) is 55.3 Å². The topological polar surface area (TPSA) is 193 Å². The Bertz CT molecular complexity index is 453. The molecule has 0 aliphatic heterocycles. The smallest absolute Gasteiger partial charge is 0.335 e. The highest BCUT2D eigenvalue weighted by atomic mass is 16.4. The number of hydrogen-bond acceptors (Lipinski definition) is 7. The van der Waals surface area contributed by atoms with Crippen molar-refractivity contribution in [3.63, 3.8) is 0 Å². The van der Waals surface area contributed by atoms with Crippen molar-refractivity contribution in [2.45, 2.75) is 24.7 Å². The molecule has 168 valence electrons. The number of aliphatic carboxylic acids is 3. The van der Waals surface area contributed by atoms with Crippen molar-refractivity contribution in [3.8, 4) is 0 Å². The van der Waals surface area contributed by atoms with E-state index in [-0.39, 0.29) is 13.0 Å². The molecule has 3 atom stereocenters. The summed E-state index contributed by atoms with van der Waals surface area (Å²) in [6, 6.07) is 0. The molecule has 0 spiro atoms. The summed E-state index contributed by atoms with van der Waals surface area (Å²) in [6.45, 7) is 1.58. The van der Waals surface area contributed by atoms with E-state index in [0.717, 1.165) is 11.0 Å². The molecule has 0 aliphatic rings. The summed E-state index contributed by atoms with van der Waals surface area (Å²) in [6.07, 6.45) is -5.45. The molecule has 0 heterocycles. The third-order valence-corrected chi connectivity index (χ3v) is 2.74. The summed E-state index contributed by atoms with van der Waals surface area (Å²) in [5.74, 6) is -4.49. The first kappa shape index (κ1) is 30.9. The van der Waals surface area contributed by atoms with Crippen LogP contribution in [0.1, 0.15) is 6.42 Å². The molecule has 28 heavy (non-hydrogen) atoms. The van der Waals surface area contributed by atoms with E-state index in [1.165, 1.54) is 0 Å². The monoisotopic (exact) mass is 416 g/mol. The van der Waals surface area contributed by atoms with Crippen LogP contribution >= 0.6 is 0 Å². The number of rotatable bonds is 9. The predicted molar refractivity (Wildman–Crippen MR) is 98.4 cm³/mol. The van der Waals surface area contributed by atoms with Gasteiger partial charge < -0.3 is 44.7 Å². The highest BCUT2D eigenvalue weighted by Gasteiger charge is 2.29. The summed E-state index contributed by atoms with van der Waals surface area (Å²) >= 11 is 0. The molecule has 0 rings (SSSR count). The second-order valence-electron chi connectivity index (χ2n) is 8.03. The lowest BCUT2D eigenvalue weighted by molar-refractivity contribution is -0.873. The number of nitrogens with zero attached hydrogens (tertiary/aromatic N) is 2. The van der Waals surface area contributed by atoms with E-state index >= 15 is 0 Å². The average Bonchev–Trinajstić information content (AvgIpc) is 2.42. The first-order valence-electron chi connectivity index (χ1n) is 8.27. The third-order valence-electron chi connectivity index (χ3n) is 2.74. The maximum Gasteiger partial charge on any atom is 0.335 e. The first-order valence-corrected chi connectivity index (χ1v) is 8.27. The zero-order valence-corrected chi connectivity index (χ0v) is 17.3. The normalized spacial score (nSPS) is 14.4. The summed E-state index contributed by atoms with van der Waals surface area (Å²) in [5.41, 5.74) is 0. The van der Waals surface area contributed by atoms with E-state index in [4.69, 9.17) is 35.7 Å². The van der Waals surface area contributed by atoms with Crippen LogP contribution in [0.5, 0.6) is 0 Å². The molecule has 12 nitrogen and oxygen atoms in total. The number of carbonyl (C=O) groups is 3. The Kier molecular flexibility index (Phi) is 15.7. The Morgan fingerprint density at radius 3 is 1.25 bits per heavy atom. The molecule has 0 amide bonds. The number of quaternary nitrogens is 2. The van der Waals surface area contributed by atoms with Crippen molar-refractivity contribution in [2.75, 3.05) is 62.0 Å². The Balaban J connectivity index is -0.000000343. The summed E-state index contributed by atoms with van der Waals surface area (Å²) in [7, 11) is 11.9. The van der Waals surface area contributed by atoms with E-state index in [1.54, 1.807) is 0 Å². The predicted octanol–water partition coefficient (Wildman–Crippen LogP) is -2.91. The van der Waals surface area contributed by atoms with E-state index < -0.39 is 36.2 Å². The van der Waals surface area contributed by atoms with Gasteiger partial charge in [0.15, 0.2) is 12.2 Å². The van der Waals surface area contributed by atoms with Gasteiger partial charge in [-0.1, -0.05) is 0 Å². The molecule has 0 aromatic carbocycles. The molecule has 0 fully saturated rings. The largest absolute Gasteiger partial charge is 0.481 e. The van der Waals surface area contributed by atoms with Gasteiger partial charge in [-0.3, -0.25) is 4.79 Å². The lowest BCUT2D eigenvalue weighted by atomic mass is 10.2. The van der Waals surface area contributed by atoms with E-state index in [9.17, 15) is 14.4 Å². The van der Waals surface area contributed by atoms with Gasteiger partial charge in [0, 0.05) is 0 Å². The minimum atomic E-state index is -2.27. The lowest BCUT2D eigenvalue weighted by Crippen LogP contribution is -2.42. The molecule has 0 saturated heterocycles. The van der Waals surface area contributed by atoms with Crippen LogP contribution in [0.4, 0.5) is 0 Å². The lowest BCUT2D eigenvalue weighted by Gasteiger charge is -2.25. The van der Waals surface area contributed by atoms with Gasteiger partial charge in [0.2, 0.25) is 0 Å². The Labute approximate surface area is 164 Å². The first-order chi connectivity index (χ1) is 12.3. The SMILES string of the molecule is C[N+](C)(C)CCO.C[N+](C)(C)C[C@H](O)CC(=O)O.O=C(O)C(O)C(O)C(=O)O. The third kappa shape index (κ3) is 24.2. The van der Waals surface area contributed by atoms with Gasteiger partial charge in [-0.15, -0.1) is 0 Å². The Morgan fingerprint density at radius 1 is 0.750 bits per heavy atom. The van der Waals surface area contributed by atoms with Crippen LogP contribution in [0.15, 0.2) is 0 Å². The van der Waals surface area contributed by atoms with Gasteiger partial charge in [-0.2, -0.15) is 0 Å². The van der Waals surface area contributed by atoms with E-state index in [0.29, 0.717) is 11.0 Å². The number of hydrogen-bond donors (Lipinski definition) is 7. The van der Waals surface area contributed by atoms with Crippen molar-refractivity contribution < 1.29 is 59.1 Å². The zero-order chi connectivity index (χ0) is 23.3. The molecule has 0 radical (unpaired) electrons. The van der Waals surface area contributed by atoms with Crippen LogP contribution in [-0.2, 0) is 14.4 Å². The minimum Gasteiger partial charge on any atom is -0.481 e. The van der Waals surface area contributed by atoms with Gasteiger partial charge in [-0.25, -0.2) is 9.59 Å². The summed E-state index contributed by atoms with van der Waals surface area (Å²) < 4.78 is 1.42. The van der Waals surface area contributed by atoms with Crippen molar-refractivity contribution in [2.24, 2.45) is 0 Å². The number of aliphatic hydroxyl groups is 4. The fourth-order valence-electron chi connectivity index (χ4n) is 1.47. The number of aliphatic hydroxyl groups excluding tert-OH is 4. The van der Waals surface area contributed by atoms with Crippen LogP contribution in [0.2, 0.25) is 0 Å². The van der Waals surface area contributed by atoms with Crippen LogP contribution < -0.4 is 0 Å². The molecule has 2 unspecified atom stereocenters. The zero-order valence-electron chi connectivity index (χ0n) is 17.3. The molecule has 0 aliphatic carbocycles. The van der Waals surface area contributed by atoms with Crippen LogP contribution in [0.25, 0.3) is 0 Å². The number of carboxylic acid groups (broad SMARTS) is 3. The van der Waals surface area contributed by atoms with E-state index in [1.807, 2.05) is 21.1 Å². The molecule has 12 heteroatoms. The molecule has 7 N–H and O–H groups in total. The van der Waals surface area contributed by atoms with Gasteiger partial charge in [-0.05, 0) is 0 Å². The second-order valence-corrected chi connectivity index (χ2v) is 8.03. The van der Waals surface area contributed by atoms with Crippen LogP contribution in [0.3, 0.4) is 0 Å². The van der Waals surface area contributed by atoms with Crippen molar-refractivity contribution in [1.29, 1.82) is 0 Å². The van der Waals surface area contributed by atoms with Crippen molar-refractivity contribution in [3.05, 3.63) is 0 Å². The van der Waals surface area contributed by atoms with Crippen LogP contribution in [-0.4, -0.2) is 143 Å².